The van der Waals surface area contributed by atoms with Gasteiger partial charge < -0.3 is 24.2 Å². The molecule has 0 aliphatic carbocycles. The van der Waals surface area contributed by atoms with Crippen molar-refractivity contribution in [1.29, 1.82) is 0 Å². The molecule has 1 fully saturated rings. The average Bonchev–Trinajstić information content (AvgIpc) is 3.42. The Bertz CT molecular complexity index is 985. The highest BCUT2D eigenvalue weighted by molar-refractivity contribution is 5.74. The van der Waals surface area contributed by atoms with E-state index in [1.54, 1.807) is 18.9 Å². The van der Waals surface area contributed by atoms with Crippen molar-refractivity contribution in [3.8, 4) is 22.9 Å². The predicted molar refractivity (Wildman–Crippen MR) is 110 cm³/mol. The highest BCUT2D eigenvalue weighted by Gasteiger charge is 2.27. The number of aromatic nitrogens is 2. The number of hydrogen-bond donors (Lipinski definition) is 1. The van der Waals surface area contributed by atoms with E-state index < -0.39 is 0 Å². The van der Waals surface area contributed by atoms with Gasteiger partial charge in [0.2, 0.25) is 11.7 Å². The van der Waals surface area contributed by atoms with Gasteiger partial charge in [0.15, 0.2) is 0 Å². The molecule has 8 heteroatoms. The Morgan fingerprint density at radius 2 is 1.90 bits per heavy atom. The fraction of sp³-hybridized carbons (Fsp3) is 0.318. The summed E-state index contributed by atoms with van der Waals surface area (Å²) in [5.41, 5.74) is 1.89. The normalized spacial score (nSPS) is 15.8. The van der Waals surface area contributed by atoms with Gasteiger partial charge in [0.25, 0.3) is 0 Å². The van der Waals surface area contributed by atoms with Crippen molar-refractivity contribution in [2.75, 3.05) is 20.2 Å². The zero-order valence-corrected chi connectivity index (χ0v) is 17.0. The maximum atomic E-state index is 12.5. The second kappa shape index (κ2) is 8.86. The Morgan fingerprint density at radius 3 is 2.57 bits per heavy atom. The minimum Gasteiger partial charge on any atom is -0.497 e. The van der Waals surface area contributed by atoms with Crippen LogP contribution < -0.4 is 14.8 Å². The number of carbonyl (C=O) groups is 1. The van der Waals surface area contributed by atoms with Gasteiger partial charge in [0.05, 0.1) is 13.7 Å². The Kier molecular flexibility index (Phi) is 5.83. The first-order valence-corrected chi connectivity index (χ1v) is 9.84. The van der Waals surface area contributed by atoms with Crippen LogP contribution in [0.5, 0.6) is 11.5 Å². The van der Waals surface area contributed by atoms with Crippen LogP contribution in [0.15, 0.2) is 53.1 Å². The van der Waals surface area contributed by atoms with Crippen molar-refractivity contribution in [2.24, 2.45) is 0 Å². The minimum atomic E-state index is -0.0836. The number of benzene rings is 2. The Hall–Kier alpha value is -3.55. The molecule has 1 N–H and O–H groups in total. The van der Waals surface area contributed by atoms with E-state index in [0.717, 1.165) is 29.0 Å². The van der Waals surface area contributed by atoms with E-state index in [1.807, 2.05) is 48.5 Å². The first-order valence-electron chi connectivity index (χ1n) is 9.84. The molecule has 1 saturated heterocycles. The number of hydrogen-bond acceptors (Lipinski definition) is 6. The highest BCUT2D eigenvalue weighted by atomic mass is 16.5. The summed E-state index contributed by atoms with van der Waals surface area (Å²) in [6.45, 7) is 3.45. The third kappa shape index (κ3) is 4.71. The molecule has 0 saturated carbocycles. The van der Waals surface area contributed by atoms with Gasteiger partial charge in [-0.2, -0.15) is 4.98 Å². The van der Waals surface area contributed by atoms with Crippen molar-refractivity contribution in [3.63, 3.8) is 0 Å². The van der Waals surface area contributed by atoms with Gasteiger partial charge in [-0.25, -0.2) is 4.79 Å². The SMILES string of the molecule is COc1ccc(CNC(=O)N2CCC(Oc3ccc(-c4noc(C)n4)cc3)C2)cc1. The van der Waals surface area contributed by atoms with Crippen molar-refractivity contribution in [2.45, 2.75) is 26.0 Å². The molecule has 8 nitrogen and oxygen atoms in total. The van der Waals surface area contributed by atoms with Crippen LogP contribution in [0.3, 0.4) is 0 Å². The number of nitrogens with zero attached hydrogens (tertiary/aromatic N) is 3. The first kappa shape index (κ1) is 19.8. The molecule has 0 radical (unpaired) electrons. The van der Waals surface area contributed by atoms with E-state index in [1.165, 1.54) is 0 Å². The van der Waals surface area contributed by atoms with Gasteiger partial charge >= 0.3 is 6.03 Å². The van der Waals surface area contributed by atoms with Crippen LogP contribution >= 0.6 is 0 Å². The zero-order valence-electron chi connectivity index (χ0n) is 17.0. The van der Waals surface area contributed by atoms with Crippen LogP contribution in [-0.4, -0.2) is 47.4 Å². The number of methoxy groups -OCH3 is 1. The molecule has 0 bridgehead atoms. The van der Waals surface area contributed by atoms with Gasteiger partial charge in [-0.15, -0.1) is 0 Å². The van der Waals surface area contributed by atoms with Crippen molar-refractivity contribution in [1.82, 2.24) is 20.4 Å². The number of ether oxygens (including phenoxy) is 2. The fourth-order valence-corrected chi connectivity index (χ4v) is 3.33. The molecular formula is C22H24N4O4. The van der Waals surface area contributed by atoms with E-state index >= 15 is 0 Å². The summed E-state index contributed by atoms with van der Waals surface area (Å²) in [6, 6.07) is 15.1. The van der Waals surface area contributed by atoms with Gasteiger partial charge in [0, 0.05) is 32.0 Å². The van der Waals surface area contributed by atoms with Crippen molar-refractivity contribution in [3.05, 3.63) is 60.0 Å². The number of urea groups is 1. The summed E-state index contributed by atoms with van der Waals surface area (Å²) in [7, 11) is 1.63. The molecular weight excluding hydrogens is 384 g/mol. The van der Waals surface area contributed by atoms with Crippen LogP contribution in [0, 0.1) is 6.92 Å². The molecule has 2 aromatic carbocycles. The number of amides is 2. The average molecular weight is 408 g/mol. The number of rotatable bonds is 6. The second-order valence-corrected chi connectivity index (χ2v) is 7.14. The molecule has 3 aromatic rings. The summed E-state index contributed by atoms with van der Waals surface area (Å²) in [6.07, 6.45) is 0.761. The quantitative estimate of drug-likeness (QED) is 0.672. The summed E-state index contributed by atoms with van der Waals surface area (Å²) in [4.78, 5) is 18.5. The summed E-state index contributed by atoms with van der Waals surface area (Å²) in [5, 5.41) is 6.87. The molecule has 30 heavy (non-hydrogen) atoms. The molecule has 1 aromatic heterocycles. The van der Waals surface area contributed by atoms with Crippen molar-refractivity contribution < 1.29 is 18.8 Å². The van der Waals surface area contributed by atoms with Crippen LogP contribution in [0.4, 0.5) is 4.79 Å². The second-order valence-electron chi connectivity index (χ2n) is 7.14. The van der Waals surface area contributed by atoms with E-state index in [9.17, 15) is 4.79 Å². The number of aryl methyl sites for hydroxylation is 1. The molecule has 156 valence electrons. The number of nitrogens with one attached hydrogen (secondary N) is 1. The van der Waals surface area contributed by atoms with Crippen LogP contribution in [0.1, 0.15) is 17.9 Å². The standard InChI is InChI=1S/C22H24N4O4/c1-15-24-21(25-30-15)17-5-9-19(10-6-17)29-20-11-12-26(14-20)22(27)23-13-16-3-7-18(28-2)8-4-16/h3-10,20H,11-14H2,1-2H3,(H,23,27). The van der Waals surface area contributed by atoms with Gasteiger partial charge in [-0.3, -0.25) is 0 Å². The fourth-order valence-electron chi connectivity index (χ4n) is 3.33. The molecule has 1 unspecified atom stereocenters. The Labute approximate surface area is 174 Å². The zero-order chi connectivity index (χ0) is 20.9. The molecule has 2 amide bonds. The molecule has 1 atom stereocenters. The number of likely N-dealkylation sites (tertiary alicyclic amines) is 1. The number of carbonyl (C=O) groups excluding carboxylic acids is 1. The molecule has 0 spiro atoms. The monoisotopic (exact) mass is 408 g/mol. The maximum Gasteiger partial charge on any atom is 0.317 e. The minimum absolute atomic E-state index is 0.0324. The lowest BCUT2D eigenvalue weighted by atomic mass is 10.2. The highest BCUT2D eigenvalue weighted by Crippen LogP contribution is 2.23. The van der Waals surface area contributed by atoms with E-state index in [-0.39, 0.29) is 12.1 Å². The maximum absolute atomic E-state index is 12.5. The molecule has 1 aliphatic heterocycles. The van der Waals surface area contributed by atoms with Gasteiger partial charge in [-0.1, -0.05) is 17.3 Å². The van der Waals surface area contributed by atoms with Crippen LogP contribution in [0.25, 0.3) is 11.4 Å². The van der Waals surface area contributed by atoms with Crippen LogP contribution in [0.2, 0.25) is 0 Å². The van der Waals surface area contributed by atoms with E-state index in [0.29, 0.717) is 31.3 Å². The molecule has 4 rings (SSSR count). The van der Waals surface area contributed by atoms with E-state index in [2.05, 4.69) is 15.5 Å². The third-order valence-electron chi connectivity index (χ3n) is 4.98. The lowest BCUT2D eigenvalue weighted by Crippen LogP contribution is -2.39. The lowest BCUT2D eigenvalue weighted by molar-refractivity contribution is 0.186. The third-order valence-corrected chi connectivity index (χ3v) is 4.98. The largest absolute Gasteiger partial charge is 0.497 e. The molecule has 1 aliphatic rings. The first-order chi connectivity index (χ1) is 14.6. The van der Waals surface area contributed by atoms with Crippen molar-refractivity contribution >= 4 is 6.03 Å². The summed E-state index contributed by atoms with van der Waals surface area (Å²) < 4.78 is 16.2. The smallest absolute Gasteiger partial charge is 0.317 e. The van der Waals surface area contributed by atoms with Crippen LogP contribution in [-0.2, 0) is 6.54 Å². The summed E-state index contributed by atoms with van der Waals surface area (Å²) in [5.74, 6) is 2.63. The topological polar surface area (TPSA) is 89.7 Å². The Morgan fingerprint density at radius 1 is 1.17 bits per heavy atom. The Balaban J connectivity index is 1.26. The lowest BCUT2D eigenvalue weighted by Gasteiger charge is -2.18. The predicted octanol–water partition coefficient (Wildman–Crippen LogP) is 3.42. The molecule has 2 heterocycles. The summed E-state index contributed by atoms with van der Waals surface area (Å²) >= 11 is 0. The van der Waals surface area contributed by atoms with E-state index in [4.69, 9.17) is 14.0 Å². The van der Waals surface area contributed by atoms with Gasteiger partial charge in [0.1, 0.15) is 17.6 Å². The van der Waals surface area contributed by atoms with Gasteiger partial charge in [-0.05, 0) is 42.0 Å².